The Morgan fingerprint density at radius 1 is 0.769 bits per heavy atom. The molecule has 0 N–H and O–H groups in total. The Bertz CT molecular complexity index is 633. The average molecular weight is 358 g/mol. The summed E-state index contributed by atoms with van der Waals surface area (Å²) in [6.07, 6.45) is -1.28. The molecule has 0 bridgehead atoms. The van der Waals surface area contributed by atoms with Crippen molar-refractivity contribution in [2.24, 2.45) is 0 Å². The van der Waals surface area contributed by atoms with Crippen LogP contribution in [0.3, 0.4) is 0 Å². The SMILES string of the molecule is CO[C@@H]1O[C@@H](COCc2ccccc2)[C@@H](OCc2ccccc2)[C@H]1OC. The van der Waals surface area contributed by atoms with Gasteiger partial charge in [-0.1, -0.05) is 60.7 Å². The van der Waals surface area contributed by atoms with E-state index < -0.39 is 6.29 Å². The molecule has 5 heteroatoms. The van der Waals surface area contributed by atoms with Gasteiger partial charge in [0, 0.05) is 14.2 Å². The zero-order valence-electron chi connectivity index (χ0n) is 15.2. The normalized spacial score (nSPS) is 25.5. The summed E-state index contributed by atoms with van der Waals surface area (Å²) in [6, 6.07) is 20.1. The Hall–Kier alpha value is -1.76. The van der Waals surface area contributed by atoms with E-state index in [9.17, 15) is 0 Å². The molecule has 0 unspecified atom stereocenters. The van der Waals surface area contributed by atoms with Crippen molar-refractivity contribution in [1.29, 1.82) is 0 Å². The van der Waals surface area contributed by atoms with E-state index in [1.54, 1.807) is 14.2 Å². The van der Waals surface area contributed by atoms with Crippen LogP contribution in [0.5, 0.6) is 0 Å². The number of ether oxygens (including phenoxy) is 5. The fourth-order valence-corrected chi connectivity index (χ4v) is 3.10. The number of benzene rings is 2. The Morgan fingerprint density at radius 3 is 1.96 bits per heavy atom. The Labute approximate surface area is 154 Å². The van der Waals surface area contributed by atoms with Crippen molar-refractivity contribution < 1.29 is 23.7 Å². The zero-order valence-corrected chi connectivity index (χ0v) is 15.2. The summed E-state index contributed by atoms with van der Waals surface area (Å²) in [7, 11) is 3.25. The molecule has 1 aliphatic rings. The molecule has 0 saturated carbocycles. The number of hydrogen-bond acceptors (Lipinski definition) is 5. The van der Waals surface area contributed by atoms with Gasteiger partial charge < -0.3 is 23.7 Å². The standard InChI is InChI=1S/C21H26O5/c1-22-20-19(25-14-17-11-7-4-8-12-17)18(26-21(20)23-2)15-24-13-16-9-5-3-6-10-16/h3-12,18-21H,13-15H2,1-2H3/t18-,19+,20+,21+/m0/s1. The molecule has 0 radical (unpaired) electrons. The monoisotopic (exact) mass is 358 g/mol. The maximum atomic E-state index is 6.13. The first-order chi connectivity index (χ1) is 12.8. The Balaban J connectivity index is 1.59. The minimum absolute atomic E-state index is 0.252. The van der Waals surface area contributed by atoms with Gasteiger partial charge in [0.15, 0.2) is 6.29 Å². The minimum Gasteiger partial charge on any atom is -0.374 e. The quantitative estimate of drug-likeness (QED) is 0.689. The van der Waals surface area contributed by atoms with Gasteiger partial charge >= 0.3 is 0 Å². The number of rotatable bonds is 9. The summed E-state index contributed by atoms with van der Waals surface area (Å²) in [5, 5.41) is 0. The fraction of sp³-hybridized carbons (Fsp3) is 0.429. The van der Waals surface area contributed by atoms with Crippen LogP contribution >= 0.6 is 0 Å². The molecule has 0 aliphatic carbocycles. The van der Waals surface area contributed by atoms with Gasteiger partial charge in [-0.2, -0.15) is 0 Å². The lowest BCUT2D eigenvalue weighted by Gasteiger charge is -2.23. The first-order valence-corrected chi connectivity index (χ1v) is 8.80. The van der Waals surface area contributed by atoms with Crippen LogP contribution in [0.2, 0.25) is 0 Å². The molecule has 1 aliphatic heterocycles. The van der Waals surface area contributed by atoms with Crippen molar-refractivity contribution >= 4 is 0 Å². The molecular formula is C21H26O5. The second kappa shape index (κ2) is 9.80. The van der Waals surface area contributed by atoms with Gasteiger partial charge in [0.1, 0.15) is 18.3 Å². The van der Waals surface area contributed by atoms with Crippen LogP contribution in [0.15, 0.2) is 60.7 Å². The summed E-state index contributed by atoms with van der Waals surface area (Å²) in [6.45, 7) is 1.43. The van der Waals surface area contributed by atoms with Crippen molar-refractivity contribution in [2.45, 2.75) is 37.8 Å². The minimum atomic E-state index is -0.467. The summed E-state index contributed by atoms with van der Waals surface area (Å²) >= 11 is 0. The second-order valence-corrected chi connectivity index (χ2v) is 6.24. The van der Waals surface area contributed by atoms with Gasteiger partial charge in [0.2, 0.25) is 0 Å². The second-order valence-electron chi connectivity index (χ2n) is 6.24. The molecule has 1 heterocycles. The first kappa shape index (κ1) is 19.0. The third-order valence-electron chi connectivity index (χ3n) is 4.45. The molecular weight excluding hydrogens is 332 g/mol. The van der Waals surface area contributed by atoms with Gasteiger partial charge in [-0.15, -0.1) is 0 Å². The molecule has 0 aromatic heterocycles. The Morgan fingerprint density at radius 2 is 1.38 bits per heavy atom. The predicted octanol–water partition coefficient (Wildman–Crippen LogP) is 3.17. The van der Waals surface area contributed by atoms with Crippen LogP contribution in [-0.4, -0.2) is 45.4 Å². The zero-order chi connectivity index (χ0) is 18.2. The van der Waals surface area contributed by atoms with Crippen LogP contribution in [0, 0.1) is 0 Å². The molecule has 0 amide bonds. The molecule has 26 heavy (non-hydrogen) atoms. The predicted molar refractivity (Wildman–Crippen MR) is 97.6 cm³/mol. The summed E-state index contributed by atoms with van der Waals surface area (Å²) in [5.74, 6) is 0. The lowest BCUT2D eigenvalue weighted by Crippen LogP contribution is -2.38. The fourth-order valence-electron chi connectivity index (χ4n) is 3.10. The largest absolute Gasteiger partial charge is 0.374 e. The summed E-state index contributed by atoms with van der Waals surface area (Å²) in [5.41, 5.74) is 2.23. The molecule has 140 valence electrons. The summed E-state index contributed by atoms with van der Waals surface area (Å²) in [4.78, 5) is 0. The molecule has 0 spiro atoms. The van der Waals surface area contributed by atoms with Crippen LogP contribution in [0.25, 0.3) is 0 Å². The van der Waals surface area contributed by atoms with Gasteiger partial charge in [-0.3, -0.25) is 0 Å². The number of methoxy groups -OCH3 is 2. The highest BCUT2D eigenvalue weighted by atomic mass is 16.7. The Kier molecular flexibility index (Phi) is 7.17. The van der Waals surface area contributed by atoms with Crippen LogP contribution < -0.4 is 0 Å². The lowest BCUT2D eigenvalue weighted by molar-refractivity contribution is -0.162. The molecule has 1 saturated heterocycles. The van der Waals surface area contributed by atoms with Gasteiger partial charge in [0.25, 0.3) is 0 Å². The van der Waals surface area contributed by atoms with Crippen molar-refractivity contribution in [3.8, 4) is 0 Å². The van der Waals surface area contributed by atoms with Gasteiger partial charge in [0.05, 0.1) is 19.8 Å². The third kappa shape index (κ3) is 4.90. The van der Waals surface area contributed by atoms with Crippen molar-refractivity contribution in [2.75, 3.05) is 20.8 Å². The summed E-state index contributed by atoms with van der Waals surface area (Å²) < 4.78 is 28.9. The molecule has 5 nitrogen and oxygen atoms in total. The van der Waals surface area contributed by atoms with Gasteiger partial charge in [-0.25, -0.2) is 0 Å². The van der Waals surface area contributed by atoms with Crippen molar-refractivity contribution in [3.63, 3.8) is 0 Å². The molecule has 4 atom stereocenters. The molecule has 2 aromatic carbocycles. The maximum absolute atomic E-state index is 6.13. The first-order valence-electron chi connectivity index (χ1n) is 8.80. The molecule has 3 rings (SSSR count). The van der Waals surface area contributed by atoms with Crippen molar-refractivity contribution in [3.05, 3.63) is 71.8 Å². The van der Waals surface area contributed by atoms with E-state index in [-0.39, 0.29) is 18.3 Å². The van der Waals surface area contributed by atoms with Crippen LogP contribution in [0.4, 0.5) is 0 Å². The molecule has 1 fully saturated rings. The van der Waals surface area contributed by atoms with E-state index >= 15 is 0 Å². The van der Waals surface area contributed by atoms with E-state index in [0.29, 0.717) is 19.8 Å². The number of hydrogen-bond donors (Lipinski definition) is 0. The third-order valence-corrected chi connectivity index (χ3v) is 4.45. The van der Waals surface area contributed by atoms with E-state index in [0.717, 1.165) is 11.1 Å². The van der Waals surface area contributed by atoms with E-state index in [4.69, 9.17) is 23.7 Å². The van der Waals surface area contributed by atoms with E-state index in [1.807, 2.05) is 60.7 Å². The van der Waals surface area contributed by atoms with E-state index in [1.165, 1.54) is 0 Å². The smallest absolute Gasteiger partial charge is 0.186 e. The van der Waals surface area contributed by atoms with Gasteiger partial charge in [-0.05, 0) is 11.1 Å². The van der Waals surface area contributed by atoms with Crippen molar-refractivity contribution in [1.82, 2.24) is 0 Å². The molecule has 2 aromatic rings. The average Bonchev–Trinajstić information content (AvgIpc) is 3.04. The van der Waals surface area contributed by atoms with E-state index in [2.05, 4.69) is 0 Å². The van der Waals surface area contributed by atoms with Crippen LogP contribution in [-0.2, 0) is 36.9 Å². The topological polar surface area (TPSA) is 46.2 Å². The maximum Gasteiger partial charge on any atom is 0.186 e. The highest BCUT2D eigenvalue weighted by Crippen LogP contribution is 2.28. The highest BCUT2D eigenvalue weighted by Gasteiger charge is 2.46. The lowest BCUT2D eigenvalue weighted by atomic mass is 10.1. The highest BCUT2D eigenvalue weighted by molar-refractivity contribution is 5.14. The van der Waals surface area contributed by atoms with Crippen LogP contribution in [0.1, 0.15) is 11.1 Å².